The zero-order valence-electron chi connectivity index (χ0n) is 16.8. The molecule has 0 fully saturated rings. The van der Waals surface area contributed by atoms with Crippen LogP contribution in [0.25, 0.3) is 0 Å². The van der Waals surface area contributed by atoms with E-state index >= 15 is 0 Å². The highest BCUT2D eigenvalue weighted by molar-refractivity contribution is 7.17. The lowest BCUT2D eigenvalue weighted by Crippen LogP contribution is -2.45. The van der Waals surface area contributed by atoms with Crippen LogP contribution in [0.5, 0.6) is 0 Å². The van der Waals surface area contributed by atoms with E-state index in [4.69, 9.17) is 4.74 Å². The van der Waals surface area contributed by atoms with Gasteiger partial charge in [0.15, 0.2) is 0 Å². The maximum Gasteiger partial charge on any atom is 0.341 e. The molecule has 0 bridgehead atoms. The Bertz CT molecular complexity index is 1020. The summed E-state index contributed by atoms with van der Waals surface area (Å²) in [6, 6.07) is 5.49. The average Bonchev–Trinajstić information content (AvgIpc) is 3.22. The Labute approximate surface area is 178 Å². The number of thiophene rings is 1. The van der Waals surface area contributed by atoms with Crippen LogP contribution >= 0.6 is 11.3 Å². The van der Waals surface area contributed by atoms with E-state index in [1.807, 2.05) is 0 Å². The quantitative estimate of drug-likeness (QED) is 0.584. The van der Waals surface area contributed by atoms with E-state index in [1.165, 1.54) is 18.3 Å². The molecular weight excluding hydrogens is 404 g/mol. The summed E-state index contributed by atoms with van der Waals surface area (Å²) in [5.74, 6) is -1.96. The summed E-state index contributed by atoms with van der Waals surface area (Å²) in [6.07, 6.45) is 3.64. The number of amides is 3. The van der Waals surface area contributed by atoms with E-state index in [1.54, 1.807) is 31.2 Å². The molecule has 0 saturated heterocycles. The van der Waals surface area contributed by atoms with Gasteiger partial charge in [-0.15, -0.1) is 11.3 Å². The Hall–Kier alpha value is -3.00. The number of benzene rings is 1. The molecule has 0 radical (unpaired) electrons. The first-order chi connectivity index (χ1) is 14.4. The predicted octanol–water partition coefficient (Wildman–Crippen LogP) is 3.43. The molecule has 30 heavy (non-hydrogen) atoms. The molecule has 2 heterocycles. The zero-order chi connectivity index (χ0) is 21.4. The van der Waals surface area contributed by atoms with E-state index in [0.717, 1.165) is 41.0 Å². The summed E-state index contributed by atoms with van der Waals surface area (Å²) in [6.45, 7) is 3.48. The molecule has 7 nitrogen and oxygen atoms in total. The summed E-state index contributed by atoms with van der Waals surface area (Å²) >= 11 is 1.37. The number of carbonyl (C=O) groups is 4. The standard InChI is InChI=1S/C22H22N2O5S/c1-3-29-22(28)17-15-10-6-7-11-16(15)30-19(17)23-18(25)12(2)24-20(26)13-8-4-5-9-14(13)21(24)27/h4-5,8-9,12H,3,6-7,10-11H2,1-2H3,(H,23,25)/t12-/m0/s1. The largest absolute Gasteiger partial charge is 0.462 e. The van der Waals surface area contributed by atoms with Crippen LogP contribution in [0.4, 0.5) is 5.00 Å². The van der Waals surface area contributed by atoms with Crippen LogP contribution < -0.4 is 5.32 Å². The van der Waals surface area contributed by atoms with Crippen LogP contribution in [-0.4, -0.2) is 41.2 Å². The Kier molecular flexibility index (Phi) is 5.42. The molecule has 0 saturated carbocycles. The fraction of sp³-hybridized carbons (Fsp3) is 0.364. The summed E-state index contributed by atoms with van der Waals surface area (Å²) in [7, 11) is 0. The third kappa shape index (κ3) is 3.31. The lowest BCUT2D eigenvalue weighted by molar-refractivity contribution is -0.119. The van der Waals surface area contributed by atoms with Gasteiger partial charge in [0.2, 0.25) is 5.91 Å². The first-order valence-corrected chi connectivity index (χ1v) is 10.8. The SMILES string of the molecule is CCOC(=O)c1c(NC(=O)[C@H](C)N2C(=O)c3ccccc3C2=O)sc2c1CCCC2. The Balaban J connectivity index is 1.60. The minimum atomic E-state index is -1.02. The molecule has 0 spiro atoms. The molecular formula is C22H22N2O5S. The summed E-state index contributed by atoms with van der Waals surface area (Å²) in [5.41, 5.74) is 1.93. The number of imide groups is 1. The number of carbonyl (C=O) groups excluding carboxylic acids is 4. The molecule has 1 atom stereocenters. The van der Waals surface area contributed by atoms with E-state index in [9.17, 15) is 19.2 Å². The van der Waals surface area contributed by atoms with E-state index in [0.29, 0.717) is 21.7 Å². The number of nitrogens with one attached hydrogen (secondary N) is 1. The molecule has 156 valence electrons. The van der Waals surface area contributed by atoms with Crippen LogP contribution in [0.2, 0.25) is 0 Å². The van der Waals surface area contributed by atoms with Gasteiger partial charge in [-0.25, -0.2) is 4.79 Å². The van der Waals surface area contributed by atoms with Crippen molar-refractivity contribution in [3.8, 4) is 0 Å². The smallest absolute Gasteiger partial charge is 0.341 e. The van der Waals surface area contributed by atoms with Gasteiger partial charge in [-0.05, 0) is 57.2 Å². The summed E-state index contributed by atoms with van der Waals surface area (Å²) < 4.78 is 5.21. The number of fused-ring (bicyclic) bond motifs is 2. The van der Waals surface area contributed by atoms with Gasteiger partial charge >= 0.3 is 5.97 Å². The number of ether oxygens (including phenoxy) is 1. The minimum absolute atomic E-state index is 0.238. The van der Waals surface area contributed by atoms with E-state index in [2.05, 4.69) is 5.32 Å². The first kappa shape index (κ1) is 20.3. The molecule has 1 N–H and O–H groups in total. The lowest BCUT2D eigenvalue weighted by Gasteiger charge is -2.21. The molecule has 1 aliphatic heterocycles. The Morgan fingerprint density at radius 2 is 1.77 bits per heavy atom. The number of esters is 1. The van der Waals surface area contributed by atoms with Gasteiger partial charge in [-0.3, -0.25) is 19.3 Å². The summed E-state index contributed by atoms with van der Waals surface area (Å²) in [5, 5.41) is 3.21. The molecule has 8 heteroatoms. The number of hydrogen-bond acceptors (Lipinski definition) is 6. The van der Waals surface area contributed by atoms with Crippen molar-refractivity contribution in [3.63, 3.8) is 0 Å². The molecule has 1 aromatic heterocycles. The van der Waals surface area contributed by atoms with Crippen LogP contribution in [0.15, 0.2) is 24.3 Å². The van der Waals surface area contributed by atoms with Gasteiger partial charge in [-0.2, -0.15) is 0 Å². The molecule has 2 aromatic rings. The average molecular weight is 426 g/mol. The molecule has 1 aliphatic carbocycles. The normalized spacial score (nSPS) is 16.1. The van der Waals surface area contributed by atoms with Crippen molar-refractivity contribution in [2.75, 3.05) is 11.9 Å². The van der Waals surface area contributed by atoms with Crippen molar-refractivity contribution in [2.24, 2.45) is 0 Å². The molecule has 1 aromatic carbocycles. The Morgan fingerprint density at radius 1 is 1.13 bits per heavy atom. The fourth-order valence-corrected chi connectivity index (χ4v) is 5.25. The van der Waals surface area contributed by atoms with Crippen molar-refractivity contribution in [2.45, 2.75) is 45.6 Å². The minimum Gasteiger partial charge on any atom is -0.462 e. The van der Waals surface area contributed by atoms with Gasteiger partial charge in [0.05, 0.1) is 23.3 Å². The maximum atomic E-state index is 13.0. The predicted molar refractivity (Wildman–Crippen MR) is 112 cm³/mol. The lowest BCUT2D eigenvalue weighted by atomic mass is 9.95. The van der Waals surface area contributed by atoms with Crippen molar-refractivity contribution in [1.82, 2.24) is 4.90 Å². The Morgan fingerprint density at radius 3 is 2.40 bits per heavy atom. The highest BCUT2D eigenvalue weighted by atomic mass is 32.1. The highest BCUT2D eigenvalue weighted by Gasteiger charge is 2.41. The van der Waals surface area contributed by atoms with Crippen molar-refractivity contribution < 1.29 is 23.9 Å². The number of anilines is 1. The van der Waals surface area contributed by atoms with Gasteiger partial charge in [-0.1, -0.05) is 12.1 Å². The van der Waals surface area contributed by atoms with E-state index < -0.39 is 29.7 Å². The second-order valence-corrected chi connectivity index (χ2v) is 8.43. The molecule has 0 unspecified atom stereocenters. The maximum absolute atomic E-state index is 13.0. The highest BCUT2D eigenvalue weighted by Crippen LogP contribution is 2.39. The van der Waals surface area contributed by atoms with Crippen LogP contribution in [0.1, 0.15) is 68.2 Å². The third-order valence-corrected chi connectivity index (χ3v) is 6.69. The molecule has 3 amide bonds. The van der Waals surface area contributed by atoms with Gasteiger partial charge in [0.1, 0.15) is 11.0 Å². The number of aryl methyl sites for hydroxylation is 1. The van der Waals surface area contributed by atoms with E-state index in [-0.39, 0.29) is 6.61 Å². The number of hydrogen-bond donors (Lipinski definition) is 1. The summed E-state index contributed by atoms with van der Waals surface area (Å²) in [4.78, 5) is 53.0. The monoisotopic (exact) mass is 426 g/mol. The molecule has 4 rings (SSSR count). The fourth-order valence-electron chi connectivity index (χ4n) is 3.97. The molecule has 2 aliphatic rings. The second kappa shape index (κ2) is 8.02. The van der Waals surface area contributed by atoms with Gasteiger partial charge < -0.3 is 10.1 Å². The van der Waals surface area contributed by atoms with Gasteiger partial charge in [0, 0.05) is 4.88 Å². The first-order valence-electron chi connectivity index (χ1n) is 10.0. The number of nitrogens with zero attached hydrogens (tertiary/aromatic N) is 1. The van der Waals surface area contributed by atoms with Crippen LogP contribution in [0.3, 0.4) is 0 Å². The number of rotatable bonds is 5. The zero-order valence-corrected chi connectivity index (χ0v) is 17.6. The third-order valence-electron chi connectivity index (χ3n) is 5.48. The topological polar surface area (TPSA) is 92.8 Å². The van der Waals surface area contributed by atoms with Crippen molar-refractivity contribution in [3.05, 3.63) is 51.4 Å². The van der Waals surface area contributed by atoms with Gasteiger partial charge in [0.25, 0.3) is 11.8 Å². The van der Waals surface area contributed by atoms with Crippen molar-refractivity contribution >= 4 is 40.0 Å². The second-order valence-electron chi connectivity index (χ2n) is 7.33. The van der Waals surface area contributed by atoms with Crippen LogP contribution in [0, 0.1) is 0 Å². The van der Waals surface area contributed by atoms with Crippen molar-refractivity contribution in [1.29, 1.82) is 0 Å². The van der Waals surface area contributed by atoms with Crippen LogP contribution in [-0.2, 0) is 22.4 Å².